The zero-order valence-electron chi connectivity index (χ0n) is 15.1. The van der Waals surface area contributed by atoms with Crippen LogP contribution in [0.4, 0.5) is 8.78 Å². The topological polar surface area (TPSA) is 68.5 Å². The van der Waals surface area contributed by atoms with Gasteiger partial charge in [-0.15, -0.1) is 0 Å². The van der Waals surface area contributed by atoms with Crippen LogP contribution in [0.2, 0.25) is 0 Å². The fraction of sp³-hybridized carbons (Fsp3) is 0.316. The Kier molecular flexibility index (Phi) is 5.63. The first-order chi connectivity index (χ1) is 13.0. The highest BCUT2D eigenvalue weighted by Crippen LogP contribution is 2.27. The predicted octanol–water partition coefficient (Wildman–Crippen LogP) is 3.87. The number of benzene rings is 1. The first-order valence-corrected chi connectivity index (χ1v) is 8.64. The lowest BCUT2D eigenvalue weighted by Crippen LogP contribution is -2.24. The maximum atomic E-state index is 13.6. The third kappa shape index (κ3) is 3.89. The summed E-state index contributed by atoms with van der Waals surface area (Å²) in [5.74, 6) is 0.271. The van der Waals surface area contributed by atoms with Crippen molar-refractivity contribution in [3.8, 4) is 17.0 Å². The van der Waals surface area contributed by atoms with Gasteiger partial charge >= 0.3 is 0 Å². The highest BCUT2D eigenvalue weighted by molar-refractivity contribution is 5.99. The summed E-state index contributed by atoms with van der Waals surface area (Å²) in [6, 6.07) is 8.18. The van der Waals surface area contributed by atoms with Crippen LogP contribution in [0.5, 0.6) is 5.75 Å². The molecule has 1 aromatic carbocycles. The van der Waals surface area contributed by atoms with Crippen LogP contribution in [-0.4, -0.2) is 34.2 Å². The number of carbonyl (C=O) groups is 1. The first kappa shape index (κ1) is 18.8. The largest absolute Gasteiger partial charge is 0.497 e. The molecule has 2 heterocycles. The molecular formula is C19H20F2N4O2. The second-order valence-corrected chi connectivity index (χ2v) is 6.00. The van der Waals surface area contributed by atoms with Crippen LogP contribution in [0.15, 0.2) is 36.5 Å². The lowest BCUT2D eigenvalue weighted by atomic mass is 10.1. The fourth-order valence-corrected chi connectivity index (χ4v) is 2.69. The maximum Gasteiger partial charge on any atom is 0.280 e. The van der Waals surface area contributed by atoms with E-state index in [0.29, 0.717) is 23.6 Å². The molecule has 27 heavy (non-hydrogen) atoms. The number of nitrogens with one attached hydrogen (secondary N) is 1. The Morgan fingerprint density at radius 2 is 2.04 bits per heavy atom. The van der Waals surface area contributed by atoms with Gasteiger partial charge in [0, 0.05) is 12.1 Å². The third-order valence-electron chi connectivity index (χ3n) is 4.17. The van der Waals surface area contributed by atoms with Crippen molar-refractivity contribution in [2.75, 3.05) is 13.7 Å². The van der Waals surface area contributed by atoms with E-state index in [2.05, 4.69) is 15.4 Å². The number of alkyl halides is 2. The van der Waals surface area contributed by atoms with E-state index in [1.54, 1.807) is 31.4 Å². The average molecular weight is 374 g/mol. The molecular weight excluding hydrogens is 354 g/mol. The van der Waals surface area contributed by atoms with Gasteiger partial charge in [0.05, 0.1) is 19.0 Å². The highest BCUT2D eigenvalue weighted by atomic mass is 19.3. The van der Waals surface area contributed by atoms with Gasteiger partial charge in [-0.2, -0.15) is 5.10 Å². The molecule has 8 heteroatoms. The van der Waals surface area contributed by atoms with Crippen LogP contribution in [0.3, 0.4) is 0 Å². The van der Waals surface area contributed by atoms with E-state index in [1.807, 2.05) is 6.92 Å². The van der Waals surface area contributed by atoms with Gasteiger partial charge in [-0.3, -0.25) is 4.79 Å². The van der Waals surface area contributed by atoms with Crippen molar-refractivity contribution in [1.29, 1.82) is 0 Å². The molecule has 0 aliphatic heterocycles. The van der Waals surface area contributed by atoms with Crippen LogP contribution in [0.1, 0.15) is 42.2 Å². The summed E-state index contributed by atoms with van der Waals surface area (Å²) in [6.45, 7) is 2.52. The van der Waals surface area contributed by atoms with Gasteiger partial charge in [-0.1, -0.05) is 13.3 Å². The number of amides is 1. The lowest BCUT2D eigenvalue weighted by molar-refractivity contribution is 0.0954. The van der Waals surface area contributed by atoms with Crippen molar-refractivity contribution in [3.05, 3.63) is 47.8 Å². The molecule has 0 bridgehead atoms. The van der Waals surface area contributed by atoms with Crippen LogP contribution in [0.25, 0.3) is 16.9 Å². The van der Waals surface area contributed by atoms with E-state index in [0.717, 1.165) is 17.4 Å². The van der Waals surface area contributed by atoms with Crippen molar-refractivity contribution in [2.24, 2.45) is 0 Å². The normalized spacial score (nSPS) is 11.1. The average Bonchev–Trinajstić information content (AvgIpc) is 3.11. The van der Waals surface area contributed by atoms with Crippen LogP contribution < -0.4 is 10.1 Å². The molecule has 1 amide bonds. The number of hydrogen-bond acceptors (Lipinski definition) is 4. The summed E-state index contributed by atoms with van der Waals surface area (Å²) >= 11 is 0. The summed E-state index contributed by atoms with van der Waals surface area (Å²) < 4.78 is 33.3. The maximum absolute atomic E-state index is 13.6. The number of rotatable bonds is 7. The second-order valence-electron chi connectivity index (χ2n) is 6.00. The zero-order valence-corrected chi connectivity index (χ0v) is 15.1. The van der Waals surface area contributed by atoms with Gasteiger partial charge in [-0.05, 0) is 36.8 Å². The molecule has 3 rings (SSSR count). The van der Waals surface area contributed by atoms with Gasteiger partial charge in [-0.25, -0.2) is 18.3 Å². The summed E-state index contributed by atoms with van der Waals surface area (Å²) in [4.78, 5) is 16.8. The third-order valence-corrected chi connectivity index (χ3v) is 4.17. The van der Waals surface area contributed by atoms with E-state index < -0.39 is 6.43 Å². The zero-order chi connectivity index (χ0) is 19.4. The minimum atomic E-state index is -2.76. The number of halogens is 2. The molecule has 3 aromatic rings. The molecule has 6 nitrogen and oxygen atoms in total. The standard InChI is InChI=1S/C19H20F2N4O2/c1-3-4-9-22-19(26)14-11-23-25-16(17(20)21)10-15(24-18(14)25)12-5-7-13(27-2)8-6-12/h5-8,10-11,17H,3-4,9H2,1-2H3,(H,22,26). The molecule has 0 aliphatic rings. The molecule has 1 N–H and O–H groups in total. The van der Waals surface area contributed by atoms with Crippen molar-refractivity contribution in [1.82, 2.24) is 19.9 Å². The van der Waals surface area contributed by atoms with Crippen molar-refractivity contribution in [3.63, 3.8) is 0 Å². The highest BCUT2D eigenvalue weighted by Gasteiger charge is 2.21. The Labute approximate surface area is 155 Å². The minimum Gasteiger partial charge on any atom is -0.497 e. The van der Waals surface area contributed by atoms with Gasteiger partial charge < -0.3 is 10.1 Å². The fourth-order valence-electron chi connectivity index (χ4n) is 2.69. The number of aromatic nitrogens is 3. The van der Waals surface area contributed by atoms with Crippen molar-refractivity contribution < 1.29 is 18.3 Å². The van der Waals surface area contributed by atoms with Crippen molar-refractivity contribution >= 4 is 11.6 Å². The smallest absolute Gasteiger partial charge is 0.280 e. The molecule has 2 aromatic heterocycles. The number of ether oxygens (including phenoxy) is 1. The molecule has 0 unspecified atom stereocenters. The number of unbranched alkanes of at least 4 members (excludes halogenated alkanes) is 1. The Balaban J connectivity index is 2.07. The number of methoxy groups -OCH3 is 1. The summed E-state index contributed by atoms with van der Waals surface area (Å²) in [6.07, 6.45) is 0.276. The predicted molar refractivity (Wildman–Crippen MR) is 97.2 cm³/mol. The van der Waals surface area contributed by atoms with Gasteiger partial charge in [0.2, 0.25) is 0 Å². The Bertz CT molecular complexity index is 939. The quantitative estimate of drug-likeness (QED) is 0.638. The Morgan fingerprint density at radius 3 is 2.67 bits per heavy atom. The molecule has 0 fully saturated rings. The molecule has 0 saturated carbocycles. The van der Waals surface area contributed by atoms with E-state index in [-0.39, 0.29) is 22.8 Å². The number of carbonyl (C=O) groups excluding carboxylic acids is 1. The molecule has 0 atom stereocenters. The van der Waals surface area contributed by atoms with Gasteiger partial charge in [0.1, 0.15) is 17.0 Å². The molecule has 0 aliphatic carbocycles. The summed E-state index contributed by atoms with van der Waals surface area (Å²) in [5, 5.41) is 6.71. The SMILES string of the molecule is CCCCNC(=O)c1cnn2c(C(F)F)cc(-c3ccc(OC)cc3)nc12. The van der Waals surface area contributed by atoms with Crippen LogP contribution >= 0.6 is 0 Å². The summed E-state index contributed by atoms with van der Waals surface area (Å²) in [7, 11) is 1.55. The number of fused-ring (bicyclic) bond motifs is 1. The number of hydrogen-bond donors (Lipinski definition) is 1. The van der Waals surface area contributed by atoms with E-state index in [4.69, 9.17) is 4.74 Å². The van der Waals surface area contributed by atoms with Gasteiger partial charge in [0.15, 0.2) is 5.65 Å². The van der Waals surface area contributed by atoms with E-state index in [1.165, 1.54) is 12.3 Å². The molecule has 0 spiro atoms. The first-order valence-electron chi connectivity index (χ1n) is 8.64. The lowest BCUT2D eigenvalue weighted by Gasteiger charge is -2.09. The second kappa shape index (κ2) is 8.11. The van der Waals surface area contributed by atoms with E-state index >= 15 is 0 Å². The monoisotopic (exact) mass is 374 g/mol. The van der Waals surface area contributed by atoms with Crippen molar-refractivity contribution in [2.45, 2.75) is 26.2 Å². The Morgan fingerprint density at radius 1 is 1.30 bits per heavy atom. The van der Waals surface area contributed by atoms with Crippen LogP contribution in [-0.2, 0) is 0 Å². The Hall–Kier alpha value is -3.03. The van der Waals surface area contributed by atoms with E-state index in [9.17, 15) is 13.6 Å². The van der Waals surface area contributed by atoms with Crippen LogP contribution in [0, 0.1) is 0 Å². The van der Waals surface area contributed by atoms with Gasteiger partial charge in [0.25, 0.3) is 12.3 Å². The molecule has 0 radical (unpaired) electrons. The molecule has 0 saturated heterocycles. The summed E-state index contributed by atoms with van der Waals surface area (Å²) in [5.41, 5.74) is 0.928. The number of nitrogens with zero attached hydrogens (tertiary/aromatic N) is 3. The molecule has 142 valence electrons. The minimum absolute atomic E-state index is 0.104.